The van der Waals surface area contributed by atoms with Gasteiger partial charge in [-0.15, -0.1) is 0 Å². The molecule has 0 aliphatic carbocycles. The molecule has 0 saturated heterocycles. The highest BCUT2D eigenvalue weighted by Crippen LogP contribution is 2.36. The molecule has 3 aromatic rings. The lowest BCUT2D eigenvalue weighted by Crippen LogP contribution is -2.29. The summed E-state index contributed by atoms with van der Waals surface area (Å²) in [5, 5.41) is 8.97. The lowest BCUT2D eigenvalue weighted by atomic mass is 9.99. The molecule has 2 heterocycles. The summed E-state index contributed by atoms with van der Waals surface area (Å²) >= 11 is 0. The number of aromatic nitrogens is 1. The Morgan fingerprint density at radius 2 is 1.88 bits per heavy atom. The number of pyridine rings is 1. The highest BCUT2D eigenvalue weighted by Gasteiger charge is 2.28. The van der Waals surface area contributed by atoms with Crippen molar-refractivity contribution in [2.24, 2.45) is 0 Å². The van der Waals surface area contributed by atoms with Crippen LogP contribution >= 0.6 is 0 Å². The van der Waals surface area contributed by atoms with E-state index in [0.717, 1.165) is 39.9 Å². The van der Waals surface area contributed by atoms with E-state index in [2.05, 4.69) is 11.1 Å². The van der Waals surface area contributed by atoms with Gasteiger partial charge in [0.1, 0.15) is 0 Å². The lowest BCUT2D eigenvalue weighted by Gasteiger charge is -2.18. The number of anilines is 1. The molecule has 1 aliphatic heterocycles. The molecule has 126 valence electrons. The minimum absolute atomic E-state index is 0.0145. The van der Waals surface area contributed by atoms with E-state index in [1.54, 1.807) is 18.3 Å². The average molecular weight is 339 g/mol. The van der Waals surface area contributed by atoms with Crippen LogP contribution in [0.1, 0.15) is 27.0 Å². The Balaban J connectivity index is 1.73. The quantitative estimate of drug-likeness (QED) is 0.705. The number of hydrogen-bond acceptors (Lipinski definition) is 3. The summed E-state index contributed by atoms with van der Waals surface area (Å²) in [6.07, 6.45) is 4.40. The molecular weight excluding hydrogens is 322 g/mol. The van der Waals surface area contributed by atoms with Gasteiger partial charge in [-0.2, -0.15) is 5.26 Å². The molecule has 4 nitrogen and oxygen atoms in total. The Hall–Kier alpha value is -3.45. The summed E-state index contributed by atoms with van der Waals surface area (Å²) < 4.78 is 0. The van der Waals surface area contributed by atoms with Gasteiger partial charge in [0.15, 0.2) is 0 Å². The number of rotatable bonds is 2. The number of carbonyl (C=O) groups excluding carboxylic acids is 1. The van der Waals surface area contributed by atoms with Crippen LogP contribution in [-0.2, 0) is 6.42 Å². The largest absolute Gasteiger partial charge is 0.306 e. The van der Waals surface area contributed by atoms with E-state index in [0.29, 0.717) is 12.1 Å². The van der Waals surface area contributed by atoms with E-state index in [1.165, 1.54) is 0 Å². The van der Waals surface area contributed by atoms with Crippen molar-refractivity contribution in [2.75, 3.05) is 11.4 Å². The fourth-order valence-corrected chi connectivity index (χ4v) is 3.46. The Morgan fingerprint density at radius 3 is 2.62 bits per heavy atom. The number of fused-ring (bicyclic) bond motifs is 1. The summed E-state index contributed by atoms with van der Waals surface area (Å²) in [4.78, 5) is 19.2. The first-order valence-corrected chi connectivity index (χ1v) is 8.54. The molecule has 1 amide bonds. The Morgan fingerprint density at radius 1 is 1.12 bits per heavy atom. The van der Waals surface area contributed by atoms with Gasteiger partial charge in [0.05, 0.1) is 23.5 Å². The van der Waals surface area contributed by atoms with Crippen LogP contribution < -0.4 is 4.90 Å². The van der Waals surface area contributed by atoms with Gasteiger partial charge in [0, 0.05) is 23.9 Å². The van der Waals surface area contributed by atoms with Crippen molar-refractivity contribution in [2.45, 2.75) is 13.3 Å². The zero-order valence-electron chi connectivity index (χ0n) is 14.4. The number of amides is 1. The zero-order chi connectivity index (χ0) is 18.1. The molecule has 4 rings (SSSR count). The van der Waals surface area contributed by atoms with Gasteiger partial charge in [-0.3, -0.25) is 9.78 Å². The third-order valence-corrected chi connectivity index (χ3v) is 4.86. The molecule has 0 unspecified atom stereocenters. The first-order chi connectivity index (χ1) is 12.7. The zero-order valence-corrected chi connectivity index (χ0v) is 14.4. The maximum Gasteiger partial charge on any atom is 0.258 e. The number of nitrogens with zero attached hydrogens (tertiary/aromatic N) is 3. The van der Waals surface area contributed by atoms with Crippen LogP contribution in [0.25, 0.3) is 11.1 Å². The molecule has 0 spiro atoms. The summed E-state index contributed by atoms with van der Waals surface area (Å²) in [6, 6.07) is 17.3. The minimum atomic E-state index is 0.0145. The number of carbonyl (C=O) groups is 1. The summed E-state index contributed by atoms with van der Waals surface area (Å²) in [7, 11) is 0. The van der Waals surface area contributed by atoms with E-state index in [9.17, 15) is 4.79 Å². The van der Waals surface area contributed by atoms with Crippen LogP contribution in [0.15, 0.2) is 60.9 Å². The number of aryl methyl sites for hydroxylation is 1. The molecule has 0 saturated carbocycles. The van der Waals surface area contributed by atoms with E-state index in [1.807, 2.05) is 54.4 Å². The van der Waals surface area contributed by atoms with Crippen molar-refractivity contribution in [3.63, 3.8) is 0 Å². The maximum atomic E-state index is 13.0. The van der Waals surface area contributed by atoms with Crippen molar-refractivity contribution >= 4 is 11.6 Å². The smallest absolute Gasteiger partial charge is 0.258 e. The van der Waals surface area contributed by atoms with Crippen molar-refractivity contribution in [1.82, 2.24) is 4.98 Å². The summed E-state index contributed by atoms with van der Waals surface area (Å²) in [6.45, 7) is 2.60. The van der Waals surface area contributed by atoms with Gasteiger partial charge in [-0.25, -0.2) is 0 Å². The molecule has 0 N–H and O–H groups in total. The fourth-order valence-electron chi connectivity index (χ4n) is 3.46. The van der Waals surface area contributed by atoms with Crippen LogP contribution in [0.4, 0.5) is 5.69 Å². The van der Waals surface area contributed by atoms with E-state index < -0.39 is 0 Å². The van der Waals surface area contributed by atoms with Crippen LogP contribution in [-0.4, -0.2) is 17.4 Å². The first kappa shape index (κ1) is 16.0. The fraction of sp³-hybridized carbons (Fsp3) is 0.136. The van der Waals surface area contributed by atoms with Crippen LogP contribution in [0.3, 0.4) is 0 Å². The average Bonchev–Trinajstić information content (AvgIpc) is 3.12. The molecular formula is C22H17N3O. The Labute approximate surface area is 152 Å². The third kappa shape index (κ3) is 2.64. The van der Waals surface area contributed by atoms with Gasteiger partial charge < -0.3 is 4.90 Å². The van der Waals surface area contributed by atoms with E-state index in [-0.39, 0.29) is 5.91 Å². The molecule has 0 fully saturated rings. The molecule has 2 aromatic carbocycles. The highest BCUT2D eigenvalue weighted by molar-refractivity contribution is 6.08. The Kier molecular flexibility index (Phi) is 3.98. The van der Waals surface area contributed by atoms with E-state index in [4.69, 9.17) is 5.26 Å². The van der Waals surface area contributed by atoms with Gasteiger partial charge in [0.2, 0.25) is 0 Å². The van der Waals surface area contributed by atoms with Gasteiger partial charge >= 0.3 is 0 Å². The summed E-state index contributed by atoms with van der Waals surface area (Å²) in [5.74, 6) is 0.0145. The highest BCUT2D eigenvalue weighted by atomic mass is 16.2. The van der Waals surface area contributed by atoms with E-state index >= 15 is 0 Å². The number of nitriles is 1. The van der Waals surface area contributed by atoms with Gasteiger partial charge in [-0.1, -0.05) is 30.3 Å². The second-order valence-corrected chi connectivity index (χ2v) is 6.40. The van der Waals surface area contributed by atoms with Crippen molar-refractivity contribution in [3.8, 4) is 17.2 Å². The molecule has 0 bridgehead atoms. The second-order valence-electron chi connectivity index (χ2n) is 6.40. The predicted octanol–water partition coefficient (Wildman–Crippen LogP) is 4.13. The standard InChI is InChI=1S/C22H17N3O/c1-15-4-2-3-5-18(15)22(26)25-11-10-19-20(13-24-14-21(19)25)17-8-6-16(12-23)7-9-17/h2-9,13-14H,10-11H2,1H3. The van der Waals surface area contributed by atoms with Crippen molar-refractivity contribution < 1.29 is 4.79 Å². The number of hydrogen-bond donors (Lipinski definition) is 0. The van der Waals surface area contributed by atoms with Crippen LogP contribution in [0.5, 0.6) is 0 Å². The van der Waals surface area contributed by atoms with Crippen LogP contribution in [0.2, 0.25) is 0 Å². The second kappa shape index (κ2) is 6.45. The molecule has 26 heavy (non-hydrogen) atoms. The maximum absolute atomic E-state index is 13.0. The topological polar surface area (TPSA) is 57.0 Å². The molecule has 4 heteroatoms. The molecule has 0 radical (unpaired) electrons. The Bertz CT molecular complexity index is 1030. The SMILES string of the molecule is Cc1ccccc1C(=O)N1CCc2c(-c3ccc(C#N)cc3)cncc21. The normalized spacial score (nSPS) is 12.5. The molecule has 0 atom stereocenters. The molecule has 1 aliphatic rings. The predicted molar refractivity (Wildman–Crippen MR) is 101 cm³/mol. The van der Waals surface area contributed by atoms with Crippen molar-refractivity contribution in [3.05, 3.63) is 83.2 Å². The first-order valence-electron chi connectivity index (χ1n) is 8.54. The molecule has 1 aromatic heterocycles. The third-order valence-electron chi connectivity index (χ3n) is 4.86. The number of benzene rings is 2. The van der Waals surface area contributed by atoms with Crippen LogP contribution in [0, 0.1) is 18.3 Å². The van der Waals surface area contributed by atoms with Gasteiger partial charge in [0.25, 0.3) is 5.91 Å². The monoisotopic (exact) mass is 339 g/mol. The van der Waals surface area contributed by atoms with Gasteiger partial charge in [-0.05, 0) is 48.2 Å². The summed E-state index contributed by atoms with van der Waals surface area (Å²) in [5.41, 5.74) is 6.37. The minimum Gasteiger partial charge on any atom is -0.306 e. The lowest BCUT2D eigenvalue weighted by molar-refractivity contribution is 0.0988. The van der Waals surface area contributed by atoms with Crippen molar-refractivity contribution in [1.29, 1.82) is 5.26 Å².